The quantitative estimate of drug-likeness (QED) is 0.597. The average molecular weight is 368 g/mol. The van der Waals surface area contributed by atoms with Crippen LogP contribution in [0.1, 0.15) is 26.2 Å². The molecule has 1 saturated heterocycles. The first-order chi connectivity index (χ1) is 12.0. The van der Waals surface area contributed by atoms with Crippen LogP contribution >= 0.6 is 11.6 Å². The summed E-state index contributed by atoms with van der Waals surface area (Å²) in [7, 11) is 0. The van der Waals surface area contributed by atoms with Gasteiger partial charge in [-0.05, 0) is 30.7 Å². The number of carbonyl (C=O) groups excluding carboxylic acids is 3. The van der Waals surface area contributed by atoms with E-state index in [1.165, 1.54) is 4.90 Å². The number of piperazine rings is 1. The number of benzene rings is 1. The normalized spacial score (nSPS) is 17.0. The van der Waals surface area contributed by atoms with Crippen LogP contribution in [0.3, 0.4) is 0 Å². The summed E-state index contributed by atoms with van der Waals surface area (Å²) in [5.74, 6) is -0.843. The van der Waals surface area contributed by atoms with Crippen LogP contribution in [-0.4, -0.2) is 48.5 Å². The maximum atomic E-state index is 12.5. The number of ether oxygens (including phenoxy) is 1. The molecule has 25 heavy (non-hydrogen) atoms. The molecule has 0 spiro atoms. The predicted octanol–water partition coefficient (Wildman–Crippen LogP) is 2.41. The minimum Gasteiger partial charge on any atom is -0.466 e. The zero-order valence-electron chi connectivity index (χ0n) is 14.1. The molecule has 1 atom stereocenters. The highest BCUT2D eigenvalue weighted by molar-refractivity contribution is 6.30. The minimum absolute atomic E-state index is 0.163. The molecule has 0 radical (unpaired) electrons. The number of rotatable bonds is 6. The van der Waals surface area contributed by atoms with Crippen molar-refractivity contribution in [2.24, 2.45) is 0 Å². The molecule has 7 nitrogen and oxygen atoms in total. The molecular weight excluding hydrogens is 346 g/mol. The Kier molecular flexibility index (Phi) is 7.06. The van der Waals surface area contributed by atoms with Crippen LogP contribution in [0, 0.1) is 0 Å². The number of nitrogens with zero attached hydrogens (tertiary/aromatic N) is 1. The molecule has 2 N–H and O–H groups in total. The fourth-order valence-corrected chi connectivity index (χ4v) is 2.56. The lowest BCUT2D eigenvalue weighted by Crippen LogP contribution is -2.58. The molecular formula is C17H22ClN3O4. The molecule has 1 aliphatic rings. The Morgan fingerprint density at radius 3 is 2.76 bits per heavy atom. The molecule has 2 rings (SSSR count). The highest BCUT2D eigenvalue weighted by atomic mass is 35.5. The van der Waals surface area contributed by atoms with Crippen molar-refractivity contribution < 1.29 is 19.1 Å². The molecule has 1 aromatic carbocycles. The average Bonchev–Trinajstić information content (AvgIpc) is 2.59. The molecule has 1 heterocycles. The second-order valence-corrected chi connectivity index (χ2v) is 6.15. The van der Waals surface area contributed by atoms with Crippen molar-refractivity contribution in [3.63, 3.8) is 0 Å². The van der Waals surface area contributed by atoms with Crippen molar-refractivity contribution in [3.05, 3.63) is 29.3 Å². The molecule has 0 saturated carbocycles. The number of halogens is 1. The van der Waals surface area contributed by atoms with E-state index in [2.05, 4.69) is 10.6 Å². The van der Waals surface area contributed by atoms with Crippen molar-refractivity contribution in [2.45, 2.75) is 32.2 Å². The van der Waals surface area contributed by atoms with Crippen LogP contribution < -0.4 is 10.6 Å². The van der Waals surface area contributed by atoms with E-state index in [-0.39, 0.29) is 12.3 Å². The van der Waals surface area contributed by atoms with E-state index in [0.717, 1.165) is 12.8 Å². The van der Waals surface area contributed by atoms with Crippen molar-refractivity contribution in [3.8, 4) is 0 Å². The van der Waals surface area contributed by atoms with E-state index in [0.29, 0.717) is 30.4 Å². The van der Waals surface area contributed by atoms with Crippen molar-refractivity contribution in [1.82, 2.24) is 10.2 Å². The third-order valence-electron chi connectivity index (χ3n) is 3.81. The highest BCUT2D eigenvalue weighted by Crippen LogP contribution is 2.16. The van der Waals surface area contributed by atoms with Crippen LogP contribution in [0.4, 0.5) is 10.5 Å². The van der Waals surface area contributed by atoms with Gasteiger partial charge in [-0.25, -0.2) is 4.79 Å². The number of hydrogen-bond donors (Lipinski definition) is 2. The number of anilines is 1. The van der Waals surface area contributed by atoms with Crippen LogP contribution in [0.15, 0.2) is 24.3 Å². The second-order valence-electron chi connectivity index (χ2n) is 5.72. The van der Waals surface area contributed by atoms with Gasteiger partial charge >= 0.3 is 12.0 Å². The summed E-state index contributed by atoms with van der Waals surface area (Å²) >= 11 is 5.82. The van der Waals surface area contributed by atoms with Crippen molar-refractivity contribution >= 4 is 35.2 Å². The molecule has 1 fully saturated rings. The van der Waals surface area contributed by atoms with Gasteiger partial charge in [0, 0.05) is 23.8 Å². The Morgan fingerprint density at radius 1 is 1.36 bits per heavy atom. The molecule has 1 aliphatic heterocycles. The van der Waals surface area contributed by atoms with Gasteiger partial charge in [0.25, 0.3) is 0 Å². The summed E-state index contributed by atoms with van der Waals surface area (Å²) < 4.78 is 5.10. The largest absolute Gasteiger partial charge is 0.466 e. The van der Waals surface area contributed by atoms with Gasteiger partial charge in [0.15, 0.2) is 0 Å². The van der Waals surface area contributed by atoms with Gasteiger partial charge in [-0.3, -0.25) is 9.59 Å². The Bertz CT molecular complexity index is 621. The number of carbonyl (C=O) groups is 3. The summed E-state index contributed by atoms with van der Waals surface area (Å²) in [6.07, 6.45) is 1.51. The molecule has 0 bridgehead atoms. The Balaban J connectivity index is 1.99. The molecule has 136 valence electrons. The summed E-state index contributed by atoms with van der Waals surface area (Å²) in [5.41, 5.74) is 0.560. The van der Waals surface area contributed by atoms with Crippen molar-refractivity contribution in [2.75, 3.05) is 25.0 Å². The zero-order chi connectivity index (χ0) is 18.2. The van der Waals surface area contributed by atoms with E-state index in [9.17, 15) is 14.4 Å². The van der Waals surface area contributed by atoms with Gasteiger partial charge in [-0.15, -0.1) is 0 Å². The van der Waals surface area contributed by atoms with Gasteiger partial charge in [0.2, 0.25) is 5.91 Å². The lowest BCUT2D eigenvalue weighted by Gasteiger charge is -2.34. The Hall–Kier alpha value is -2.28. The smallest absolute Gasteiger partial charge is 0.322 e. The number of unbranched alkanes of at least 4 members (excludes halogenated alkanes) is 1. The molecule has 0 aliphatic carbocycles. The summed E-state index contributed by atoms with van der Waals surface area (Å²) in [6.45, 7) is 2.97. The Morgan fingerprint density at radius 2 is 2.08 bits per heavy atom. The van der Waals surface area contributed by atoms with Crippen molar-refractivity contribution in [1.29, 1.82) is 0 Å². The molecule has 0 aromatic heterocycles. The predicted molar refractivity (Wildman–Crippen MR) is 94.5 cm³/mol. The maximum absolute atomic E-state index is 12.5. The van der Waals surface area contributed by atoms with Crippen LogP contribution in [0.5, 0.6) is 0 Å². The summed E-state index contributed by atoms with van der Waals surface area (Å²) in [5, 5.41) is 5.94. The first-order valence-electron chi connectivity index (χ1n) is 8.27. The lowest BCUT2D eigenvalue weighted by atomic mass is 10.1. The lowest BCUT2D eigenvalue weighted by molar-refractivity contribution is -0.147. The zero-order valence-corrected chi connectivity index (χ0v) is 14.8. The fourth-order valence-electron chi connectivity index (χ4n) is 2.44. The van der Waals surface area contributed by atoms with E-state index in [1.807, 2.05) is 6.92 Å². The van der Waals surface area contributed by atoms with E-state index in [1.54, 1.807) is 24.3 Å². The monoisotopic (exact) mass is 367 g/mol. The number of esters is 1. The molecule has 1 aromatic rings. The van der Waals surface area contributed by atoms with Crippen LogP contribution in [-0.2, 0) is 14.3 Å². The maximum Gasteiger partial charge on any atom is 0.322 e. The van der Waals surface area contributed by atoms with Gasteiger partial charge in [0.05, 0.1) is 13.0 Å². The Labute approximate surface area is 151 Å². The molecule has 0 unspecified atom stereocenters. The molecule has 8 heteroatoms. The first-order valence-corrected chi connectivity index (χ1v) is 8.65. The standard InChI is InChI=1S/C17H22ClN3O4/c1-2-3-10-25-15(22)11-14-16(23)19-8-9-21(14)17(24)20-13-6-4-12(18)5-7-13/h4-7,14H,2-3,8-11H2,1H3,(H,19,23)(H,20,24)/t14-/m1/s1. The first kappa shape index (κ1) is 19.1. The third kappa shape index (κ3) is 5.63. The number of hydrogen-bond acceptors (Lipinski definition) is 4. The van der Waals surface area contributed by atoms with Crippen LogP contribution in [0.2, 0.25) is 5.02 Å². The van der Waals surface area contributed by atoms with E-state index in [4.69, 9.17) is 16.3 Å². The topological polar surface area (TPSA) is 87.7 Å². The molecule has 3 amide bonds. The minimum atomic E-state index is -0.879. The second kappa shape index (κ2) is 9.27. The fraction of sp³-hybridized carbons (Fsp3) is 0.471. The van der Waals surface area contributed by atoms with Gasteiger partial charge in [-0.2, -0.15) is 0 Å². The van der Waals surface area contributed by atoms with E-state index >= 15 is 0 Å². The SMILES string of the molecule is CCCCOC(=O)C[C@@H]1C(=O)NCCN1C(=O)Nc1ccc(Cl)cc1. The van der Waals surface area contributed by atoms with Gasteiger partial charge in [-0.1, -0.05) is 24.9 Å². The third-order valence-corrected chi connectivity index (χ3v) is 4.06. The number of nitrogens with one attached hydrogen (secondary N) is 2. The van der Waals surface area contributed by atoms with E-state index < -0.39 is 18.0 Å². The summed E-state index contributed by atoms with van der Waals surface area (Å²) in [6, 6.07) is 5.32. The highest BCUT2D eigenvalue weighted by Gasteiger charge is 2.35. The summed E-state index contributed by atoms with van der Waals surface area (Å²) in [4.78, 5) is 37.9. The van der Waals surface area contributed by atoms with Crippen LogP contribution in [0.25, 0.3) is 0 Å². The number of amides is 3. The van der Waals surface area contributed by atoms with Gasteiger partial charge < -0.3 is 20.3 Å². The number of urea groups is 1. The van der Waals surface area contributed by atoms with Gasteiger partial charge in [0.1, 0.15) is 6.04 Å².